The average molecular weight is 350 g/mol. The molecule has 8 heteroatoms. The van der Waals surface area contributed by atoms with E-state index in [0.29, 0.717) is 30.8 Å². The average Bonchev–Trinajstić information content (AvgIpc) is 2.84. The maximum absolute atomic E-state index is 12.0. The highest BCUT2D eigenvalue weighted by Gasteiger charge is 2.29. The molecule has 1 amide bonds. The van der Waals surface area contributed by atoms with Gasteiger partial charge < -0.3 is 10.6 Å². The Hall–Kier alpha value is -1.93. The third-order valence-corrected chi connectivity index (χ3v) is 5.55. The van der Waals surface area contributed by atoms with Crippen LogP contribution in [-0.4, -0.2) is 45.8 Å². The molecule has 1 atom stereocenters. The Morgan fingerprint density at radius 2 is 2.17 bits per heavy atom. The zero-order chi connectivity index (χ0) is 17.0. The zero-order valence-corrected chi connectivity index (χ0v) is 14.2. The van der Waals surface area contributed by atoms with Gasteiger partial charge in [0.1, 0.15) is 5.84 Å². The molecule has 0 aromatic heterocycles. The van der Waals surface area contributed by atoms with Gasteiger partial charge in [-0.15, -0.1) is 0 Å². The van der Waals surface area contributed by atoms with Crippen LogP contribution in [0.25, 0.3) is 0 Å². The van der Waals surface area contributed by atoms with Crippen molar-refractivity contribution in [3.63, 3.8) is 0 Å². The number of carbonyl (C=O) groups excluding carboxylic acids is 1. The molecule has 0 saturated carbocycles. The Morgan fingerprint density at radius 3 is 2.96 bits per heavy atom. The number of nitrogens with zero attached hydrogens (tertiary/aromatic N) is 1. The number of aliphatic imine (C=N–C) groups is 1. The summed E-state index contributed by atoms with van der Waals surface area (Å²) < 4.78 is 26.4. The van der Waals surface area contributed by atoms with Gasteiger partial charge in [0, 0.05) is 31.1 Å². The van der Waals surface area contributed by atoms with E-state index < -0.39 is 10.0 Å². The number of amides is 1. The number of rotatable bonds is 5. The van der Waals surface area contributed by atoms with E-state index in [1.54, 1.807) is 24.3 Å². The number of sulfonamides is 1. The van der Waals surface area contributed by atoms with E-state index in [4.69, 9.17) is 0 Å². The fourth-order valence-electron chi connectivity index (χ4n) is 2.96. The third-order valence-electron chi connectivity index (χ3n) is 4.16. The topological polar surface area (TPSA) is 99.7 Å². The summed E-state index contributed by atoms with van der Waals surface area (Å²) in [6.07, 6.45) is 3.07. The van der Waals surface area contributed by atoms with Crippen molar-refractivity contribution in [2.75, 3.05) is 19.6 Å². The molecule has 3 rings (SSSR count). The number of nitrogens with one attached hydrogen (secondary N) is 3. The van der Waals surface area contributed by atoms with Crippen molar-refractivity contribution in [3.8, 4) is 0 Å². The highest BCUT2D eigenvalue weighted by molar-refractivity contribution is 7.90. The van der Waals surface area contributed by atoms with Gasteiger partial charge in [0.15, 0.2) is 0 Å². The van der Waals surface area contributed by atoms with Crippen molar-refractivity contribution in [2.45, 2.75) is 36.6 Å². The van der Waals surface area contributed by atoms with Crippen LogP contribution in [-0.2, 0) is 14.8 Å². The molecule has 0 radical (unpaired) electrons. The molecule has 1 aromatic rings. The lowest BCUT2D eigenvalue weighted by Gasteiger charge is -2.23. The van der Waals surface area contributed by atoms with Gasteiger partial charge in [0.05, 0.1) is 4.90 Å². The maximum Gasteiger partial charge on any atom is 0.263 e. The maximum atomic E-state index is 12.0. The highest BCUT2D eigenvalue weighted by Crippen LogP contribution is 2.22. The number of hydrogen-bond donors (Lipinski definition) is 3. The van der Waals surface area contributed by atoms with Crippen LogP contribution < -0.4 is 15.4 Å². The summed E-state index contributed by atoms with van der Waals surface area (Å²) in [5, 5.41) is 6.27. The van der Waals surface area contributed by atoms with E-state index >= 15 is 0 Å². The van der Waals surface area contributed by atoms with Gasteiger partial charge in [-0.2, -0.15) is 0 Å². The molecule has 0 bridgehead atoms. The Morgan fingerprint density at radius 1 is 1.33 bits per heavy atom. The molecule has 0 aliphatic carbocycles. The predicted molar refractivity (Wildman–Crippen MR) is 91.4 cm³/mol. The summed E-state index contributed by atoms with van der Waals surface area (Å²) in [7, 11) is -3.49. The van der Waals surface area contributed by atoms with E-state index in [1.807, 2.05) is 0 Å². The van der Waals surface area contributed by atoms with Crippen LogP contribution >= 0.6 is 0 Å². The predicted octanol–water partition coefficient (Wildman–Crippen LogP) is 0.374. The van der Waals surface area contributed by atoms with E-state index in [9.17, 15) is 13.2 Å². The van der Waals surface area contributed by atoms with Gasteiger partial charge in [-0.1, -0.05) is 12.1 Å². The first-order chi connectivity index (χ1) is 11.6. The number of fused-ring (bicyclic) bond motifs is 1. The van der Waals surface area contributed by atoms with Crippen molar-refractivity contribution in [3.05, 3.63) is 29.8 Å². The van der Waals surface area contributed by atoms with E-state index in [-0.39, 0.29) is 16.8 Å². The monoisotopic (exact) mass is 350 g/mol. The molecular weight excluding hydrogens is 328 g/mol. The molecule has 7 nitrogen and oxygen atoms in total. The van der Waals surface area contributed by atoms with E-state index in [2.05, 4.69) is 20.3 Å². The van der Waals surface area contributed by atoms with Gasteiger partial charge in [-0.25, -0.2) is 8.42 Å². The highest BCUT2D eigenvalue weighted by atomic mass is 32.2. The van der Waals surface area contributed by atoms with Crippen molar-refractivity contribution in [2.24, 2.45) is 4.99 Å². The van der Waals surface area contributed by atoms with Crippen molar-refractivity contribution < 1.29 is 13.2 Å². The van der Waals surface area contributed by atoms with Gasteiger partial charge in [0.2, 0.25) is 5.91 Å². The van der Waals surface area contributed by atoms with Gasteiger partial charge >= 0.3 is 0 Å². The number of piperidine rings is 1. The fourth-order valence-corrected chi connectivity index (χ4v) is 4.21. The Bertz CT molecular complexity index is 739. The van der Waals surface area contributed by atoms with E-state index in [1.165, 1.54) is 0 Å². The first kappa shape index (κ1) is 16.9. The first-order valence-corrected chi connectivity index (χ1v) is 9.71. The molecular formula is C16H22N4O3S. The van der Waals surface area contributed by atoms with Crippen LogP contribution in [0.1, 0.15) is 31.2 Å². The minimum absolute atomic E-state index is 0.0244. The standard InChI is InChI=1S/C16H22N4O3S/c21-15(19-12-5-3-9-17-11-12)8-4-10-18-16-13-6-1-2-7-14(13)24(22,23)20-16/h1-2,6-7,12,17H,3-5,8-11H2,(H,18,20)(H,19,21). The van der Waals surface area contributed by atoms with Crippen LogP contribution in [0.15, 0.2) is 34.2 Å². The summed E-state index contributed by atoms with van der Waals surface area (Å²) in [5.74, 6) is 0.388. The molecule has 3 N–H and O–H groups in total. The molecule has 130 valence electrons. The molecule has 2 heterocycles. The van der Waals surface area contributed by atoms with Crippen molar-refractivity contribution in [1.82, 2.24) is 15.4 Å². The SMILES string of the molecule is O=C(CCCN=C1NS(=O)(=O)c2ccccc21)NC1CCCNC1. The fraction of sp³-hybridized carbons (Fsp3) is 0.500. The van der Waals surface area contributed by atoms with Gasteiger partial charge in [-0.3, -0.25) is 14.5 Å². The Labute approximate surface area is 142 Å². The minimum atomic E-state index is -3.49. The van der Waals surface area contributed by atoms with Crippen molar-refractivity contribution >= 4 is 21.8 Å². The summed E-state index contributed by atoms with van der Waals surface area (Å²) in [5.41, 5.74) is 0.593. The molecule has 1 unspecified atom stereocenters. The largest absolute Gasteiger partial charge is 0.352 e. The summed E-state index contributed by atoms with van der Waals surface area (Å²) >= 11 is 0. The third kappa shape index (κ3) is 3.93. The van der Waals surface area contributed by atoms with Crippen LogP contribution in [0, 0.1) is 0 Å². The number of carbonyl (C=O) groups is 1. The zero-order valence-electron chi connectivity index (χ0n) is 13.4. The van der Waals surface area contributed by atoms with Crippen LogP contribution in [0.5, 0.6) is 0 Å². The second kappa shape index (κ2) is 7.31. The van der Waals surface area contributed by atoms with Crippen LogP contribution in [0.2, 0.25) is 0 Å². The molecule has 2 aliphatic rings. The smallest absolute Gasteiger partial charge is 0.263 e. The van der Waals surface area contributed by atoms with Crippen LogP contribution in [0.3, 0.4) is 0 Å². The second-order valence-corrected chi connectivity index (χ2v) is 7.70. The number of amidine groups is 1. The number of benzene rings is 1. The summed E-state index contributed by atoms with van der Waals surface area (Å²) in [4.78, 5) is 16.5. The minimum Gasteiger partial charge on any atom is -0.352 e. The Kier molecular flexibility index (Phi) is 5.15. The number of hydrogen-bond acceptors (Lipinski definition) is 5. The molecule has 24 heavy (non-hydrogen) atoms. The Balaban J connectivity index is 1.49. The lowest BCUT2D eigenvalue weighted by molar-refractivity contribution is -0.121. The molecule has 1 fully saturated rings. The summed E-state index contributed by atoms with van der Waals surface area (Å²) in [6, 6.07) is 6.97. The van der Waals surface area contributed by atoms with Gasteiger partial charge in [0.25, 0.3) is 10.0 Å². The normalized spacial score (nSPS) is 23.5. The quantitative estimate of drug-likeness (QED) is 0.668. The molecule has 2 aliphatic heterocycles. The first-order valence-electron chi connectivity index (χ1n) is 8.23. The molecule has 1 saturated heterocycles. The van der Waals surface area contributed by atoms with Crippen LogP contribution in [0.4, 0.5) is 0 Å². The second-order valence-electron chi connectivity index (χ2n) is 6.05. The summed E-state index contributed by atoms with van der Waals surface area (Å²) in [6.45, 7) is 2.25. The molecule has 1 aromatic carbocycles. The lowest BCUT2D eigenvalue weighted by Crippen LogP contribution is -2.45. The van der Waals surface area contributed by atoms with Crippen molar-refractivity contribution in [1.29, 1.82) is 0 Å². The molecule has 0 spiro atoms. The van der Waals surface area contributed by atoms with E-state index in [0.717, 1.165) is 25.9 Å². The van der Waals surface area contributed by atoms with Gasteiger partial charge in [-0.05, 0) is 37.9 Å². The lowest BCUT2D eigenvalue weighted by atomic mass is 10.1.